The molecule has 0 heterocycles. The van der Waals surface area contributed by atoms with Gasteiger partial charge in [0.2, 0.25) is 0 Å². The molecule has 37 heavy (non-hydrogen) atoms. The Balaban J connectivity index is 0.000000963. The van der Waals surface area contributed by atoms with Crippen molar-refractivity contribution in [1.82, 2.24) is 0 Å². The van der Waals surface area contributed by atoms with Crippen LogP contribution in [0.15, 0.2) is 84.4 Å². The zero-order valence-electron chi connectivity index (χ0n) is 21.9. The maximum atomic E-state index is 12.7. The predicted molar refractivity (Wildman–Crippen MR) is 152 cm³/mol. The normalized spacial score (nSPS) is 11.9. The van der Waals surface area contributed by atoms with Gasteiger partial charge >= 0.3 is 26.2 Å². The fourth-order valence-corrected chi connectivity index (χ4v) is 5.17. The molecule has 0 aliphatic rings. The average Bonchev–Trinajstić information content (AvgIpc) is 3.60. The van der Waals surface area contributed by atoms with E-state index in [0.29, 0.717) is 28.5 Å². The van der Waals surface area contributed by atoms with Crippen LogP contribution < -0.4 is 0 Å². The van der Waals surface area contributed by atoms with E-state index in [9.17, 15) is 9.67 Å². The number of aliphatic hydroxyl groups is 1. The summed E-state index contributed by atoms with van der Waals surface area (Å²) in [6, 6.07) is 25.0. The van der Waals surface area contributed by atoms with Crippen molar-refractivity contribution in [3.63, 3.8) is 0 Å². The molecule has 0 bridgehead atoms. The summed E-state index contributed by atoms with van der Waals surface area (Å²) in [6.45, 7) is 6.20. The number of hydrogen-bond donors (Lipinski definition) is 1. The van der Waals surface area contributed by atoms with Crippen molar-refractivity contribution in [3.8, 4) is 0 Å². The van der Waals surface area contributed by atoms with Crippen molar-refractivity contribution in [3.05, 3.63) is 106 Å². The first-order valence-electron chi connectivity index (χ1n) is 12.3. The fraction of sp³-hybridized carbons (Fsp3) is 0.379. The van der Waals surface area contributed by atoms with Crippen molar-refractivity contribution in [2.45, 2.75) is 59.0 Å². The quantitative estimate of drug-likeness (QED) is 0.158. The van der Waals surface area contributed by atoms with Crippen LogP contribution in [0.1, 0.15) is 64.5 Å². The van der Waals surface area contributed by atoms with Gasteiger partial charge in [-0.25, -0.2) is 29.8 Å². The van der Waals surface area contributed by atoms with Crippen molar-refractivity contribution >= 4 is 30.8 Å². The molecule has 0 aliphatic carbocycles. The zero-order chi connectivity index (χ0) is 26.7. The molecule has 0 fully saturated rings. The van der Waals surface area contributed by atoms with Crippen LogP contribution in [0.25, 0.3) is 0 Å². The number of hydrogen-bond acceptors (Lipinski definition) is 4. The molecule has 1 atom stereocenters. The molecule has 0 spiro atoms. The Morgan fingerprint density at radius 3 is 1.92 bits per heavy atom. The maximum absolute atomic E-state index is 12.7. The Morgan fingerprint density at radius 2 is 1.51 bits per heavy atom. The molecule has 1 radical (unpaired) electrons. The average molecular weight is 644 g/mol. The fourth-order valence-electron chi connectivity index (χ4n) is 3.14. The minimum absolute atomic E-state index is 0. The van der Waals surface area contributed by atoms with Gasteiger partial charge in [-0.3, -0.25) is 4.57 Å². The molecule has 0 aromatic heterocycles. The van der Waals surface area contributed by atoms with Gasteiger partial charge in [0.1, 0.15) is 0 Å². The molecule has 1 N–H and O–H groups in total. The van der Waals surface area contributed by atoms with Crippen LogP contribution in [0.2, 0.25) is 10.0 Å². The molecule has 3 rings (SSSR count). The first-order valence-corrected chi connectivity index (χ1v) is 14.6. The van der Waals surface area contributed by atoms with Crippen LogP contribution in [-0.4, -0.2) is 18.3 Å². The summed E-state index contributed by atoms with van der Waals surface area (Å²) in [6.07, 6.45) is 2.91. The summed E-state index contributed by atoms with van der Waals surface area (Å²) in [5, 5.41) is 11.4. The van der Waals surface area contributed by atoms with E-state index in [4.69, 9.17) is 32.2 Å². The van der Waals surface area contributed by atoms with Gasteiger partial charge in [0.15, 0.2) is 7.60 Å². The van der Waals surface area contributed by atoms with Crippen LogP contribution in [0, 0.1) is 5.82 Å². The number of aliphatic hydroxyl groups excluding tert-OH is 1. The van der Waals surface area contributed by atoms with Crippen molar-refractivity contribution in [2.24, 2.45) is 0 Å². The third-order valence-corrected chi connectivity index (χ3v) is 7.23. The predicted octanol–water partition coefficient (Wildman–Crippen LogP) is 9.76. The molecular formula is C29H38Cl2O4PZr. The zero-order valence-corrected chi connectivity index (χ0v) is 26.8. The summed E-state index contributed by atoms with van der Waals surface area (Å²) >= 11 is 12.1. The van der Waals surface area contributed by atoms with Crippen LogP contribution in [0.5, 0.6) is 0 Å². The molecule has 0 saturated heterocycles. The second-order valence-electron chi connectivity index (χ2n) is 7.80. The Labute approximate surface area is 252 Å². The van der Waals surface area contributed by atoms with Gasteiger partial charge in [0, 0.05) is 10.0 Å². The van der Waals surface area contributed by atoms with Crippen molar-refractivity contribution in [2.75, 3.05) is 13.2 Å². The minimum atomic E-state index is -3.38. The molecule has 3 aromatic rings. The van der Waals surface area contributed by atoms with Gasteiger partial charge in [0.05, 0.1) is 19.3 Å². The largest absolute Gasteiger partial charge is 3.00 e. The first kappa shape index (κ1) is 36.2. The van der Waals surface area contributed by atoms with Crippen molar-refractivity contribution in [1.29, 1.82) is 0 Å². The van der Waals surface area contributed by atoms with Crippen LogP contribution in [0.4, 0.5) is 0 Å². The third-order valence-electron chi connectivity index (χ3n) is 4.88. The standard InChI is InChI=1S/C19H28Cl2O4P.2C5H5.Zr/c1-4-7-8-15(14-26(23,24-5-2)25-6-3)9-12-19(22)17-11-10-16(20)13-18(17)21;2*1-2-4-5-3-1;/h10-11,13,19,22H,4-9,12H2,1-3H3;2*1-5H;/q3*-1;+3. The second kappa shape index (κ2) is 22.1. The number of halogens is 2. The molecule has 1 unspecified atom stereocenters. The molecule has 0 amide bonds. The smallest absolute Gasteiger partial charge is 0.388 e. The van der Waals surface area contributed by atoms with E-state index in [0.717, 1.165) is 24.8 Å². The second-order valence-corrected chi connectivity index (χ2v) is 10.4. The van der Waals surface area contributed by atoms with Crippen LogP contribution in [-0.2, 0) is 39.8 Å². The van der Waals surface area contributed by atoms with Gasteiger partial charge in [0.25, 0.3) is 0 Å². The van der Waals surface area contributed by atoms with Gasteiger partial charge in [-0.2, -0.15) is 36.4 Å². The number of rotatable bonds is 12. The van der Waals surface area contributed by atoms with E-state index in [2.05, 4.69) is 12.7 Å². The Hall–Kier alpha value is -0.767. The molecular weight excluding hydrogens is 605 g/mol. The number of unbranched alkanes of at least 4 members (excludes halogenated alkanes) is 1. The monoisotopic (exact) mass is 641 g/mol. The van der Waals surface area contributed by atoms with Gasteiger partial charge in [-0.05, 0) is 38.0 Å². The van der Waals surface area contributed by atoms with E-state index >= 15 is 0 Å². The minimum Gasteiger partial charge on any atom is -0.388 e. The molecule has 8 heteroatoms. The first-order chi connectivity index (χ1) is 17.3. The molecule has 201 valence electrons. The summed E-state index contributed by atoms with van der Waals surface area (Å²) in [5.74, 6) is 2.96. The molecule has 0 saturated carbocycles. The topological polar surface area (TPSA) is 55.8 Å². The molecule has 4 nitrogen and oxygen atoms in total. The third kappa shape index (κ3) is 16.7. The summed E-state index contributed by atoms with van der Waals surface area (Å²) in [5.41, 5.74) is 1.48. The number of benzene rings is 1. The van der Waals surface area contributed by atoms with Gasteiger partial charge < -0.3 is 20.0 Å². The summed E-state index contributed by atoms with van der Waals surface area (Å²) < 4.78 is 23.3. The van der Waals surface area contributed by atoms with Gasteiger partial charge in [-0.15, -0.1) is 0 Å². The van der Waals surface area contributed by atoms with Crippen LogP contribution in [0.3, 0.4) is 0 Å². The van der Waals surface area contributed by atoms with Crippen molar-refractivity contribution < 1.29 is 44.9 Å². The Morgan fingerprint density at radius 1 is 0.973 bits per heavy atom. The van der Waals surface area contributed by atoms with E-state index in [1.54, 1.807) is 32.0 Å². The van der Waals surface area contributed by atoms with E-state index in [1.807, 2.05) is 60.7 Å². The number of allylic oxidation sites excluding steroid dienone is 1. The molecule has 3 aromatic carbocycles. The summed E-state index contributed by atoms with van der Waals surface area (Å²) in [7, 11) is -3.38. The van der Waals surface area contributed by atoms with E-state index in [-0.39, 0.29) is 39.4 Å². The Kier molecular flexibility index (Phi) is 21.6. The Bertz CT molecular complexity index is 921. The van der Waals surface area contributed by atoms with E-state index in [1.165, 1.54) is 0 Å². The molecule has 0 aliphatic heterocycles. The maximum Gasteiger partial charge on any atom is 3.00 e. The SMILES string of the molecule is CCCCC(=[C-]P(=O)(OCC)OCC)CCC(O)c1ccc(Cl)cc1Cl.[Zr+3].c1cc[cH-]c1.c1cc[cH-]c1. The van der Waals surface area contributed by atoms with E-state index < -0.39 is 13.7 Å². The summed E-state index contributed by atoms with van der Waals surface area (Å²) in [4.78, 5) is 0. The van der Waals surface area contributed by atoms with Crippen LogP contribution >= 0.6 is 30.8 Å². The van der Waals surface area contributed by atoms with Gasteiger partial charge in [-0.1, -0.05) is 61.9 Å².